The number of fused-ring (bicyclic) bond motifs is 1. The Morgan fingerprint density at radius 1 is 1.12 bits per heavy atom. The van der Waals surface area contributed by atoms with E-state index in [9.17, 15) is 4.79 Å². The Balaban J connectivity index is 1.31. The van der Waals surface area contributed by atoms with Crippen molar-refractivity contribution in [3.05, 3.63) is 54.5 Å². The lowest BCUT2D eigenvalue weighted by atomic mass is 9.94. The molecule has 0 spiro atoms. The first-order chi connectivity index (χ1) is 12.3. The van der Waals surface area contributed by atoms with Crippen LogP contribution in [0.3, 0.4) is 0 Å². The van der Waals surface area contributed by atoms with Gasteiger partial charge in [-0.15, -0.1) is 0 Å². The van der Waals surface area contributed by atoms with Gasteiger partial charge in [0.05, 0.1) is 0 Å². The molecule has 2 N–H and O–H groups in total. The summed E-state index contributed by atoms with van der Waals surface area (Å²) in [6, 6.07) is 9.88. The SMILES string of the molecule is O=C(NC1CCC(Sc2ncccn2)CC1)c1ccc2cc[nH]c2c1. The van der Waals surface area contributed by atoms with Gasteiger partial charge in [-0.05, 0) is 55.3 Å². The van der Waals surface area contributed by atoms with Gasteiger partial charge in [0, 0.05) is 41.0 Å². The molecule has 1 aliphatic carbocycles. The van der Waals surface area contributed by atoms with Gasteiger partial charge < -0.3 is 10.3 Å². The van der Waals surface area contributed by atoms with Crippen LogP contribution in [0.15, 0.2) is 54.1 Å². The van der Waals surface area contributed by atoms with E-state index < -0.39 is 0 Å². The van der Waals surface area contributed by atoms with Crippen LogP contribution >= 0.6 is 11.8 Å². The third-order valence-electron chi connectivity index (χ3n) is 4.64. The fourth-order valence-electron chi connectivity index (χ4n) is 3.28. The fourth-order valence-corrected chi connectivity index (χ4v) is 4.33. The lowest BCUT2D eigenvalue weighted by molar-refractivity contribution is 0.0928. The number of aromatic nitrogens is 3. The maximum absolute atomic E-state index is 12.5. The van der Waals surface area contributed by atoms with Crippen molar-refractivity contribution in [3.8, 4) is 0 Å². The summed E-state index contributed by atoms with van der Waals surface area (Å²) in [6.45, 7) is 0. The van der Waals surface area contributed by atoms with Crippen LogP contribution in [0.5, 0.6) is 0 Å². The van der Waals surface area contributed by atoms with Gasteiger partial charge in [-0.25, -0.2) is 9.97 Å². The van der Waals surface area contributed by atoms with Crippen LogP contribution in [0.2, 0.25) is 0 Å². The number of carbonyl (C=O) groups is 1. The molecular weight excluding hydrogens is 332 g/mol. The number of rotatable bonds is 4. The number of carbonyl (C=O) groups excluding carboxylic acids is 1. The Hall–Kier alpha value is -2.34. The van der Waals surface area contributed by atoms with Crippen LogP contribution in [0.25, 0.3) is 10.9 Å². The fraction of sp³-hybridized carbons (Fsp3) is 0.316. The molecule has 1 aliphatic rings. The van der Waals surface area contributed by atoms with E-state index in [2.05, 4.69) is 20.3 Å². The zero-order chi connectivity index (χ0) is 17.1. The van der Waals surface area contributed by atoms with Crippen LogP contribution in [-0.4, -0.2) is 32.2 Å². The maximum atomic E-state index is 12.5. The lowest BCUT2D eigenvalue weighted by Gasteiger charge is -2.28. The first-order valence-corrected chi connectivity index (χ1v) is 9.47. The Morgan fingerprint density at radius 3 is 2.72 bits per heavy atom. The number of nitrogens with one attached hydrogen (secondary N) is 2. The molecule has 25 heavy (non-hydrogen) atoms. The minimum atomic E-state index is 0.0130. The van der Waals surface area contributed by atoms with Gasteiger partial charge in [0.2, 0.25) is 0 Å². The smallest absolute Gasteiger partial charge is 0.251 e. The van der Waals surface area contributed by atoms with Crippen LogP contribution in [0.1, 0.15) is 36.0 Å². The van der Waals surface area contributed by atoms with E-state index >= 15 is 0 Å². The third-order valence-corrected chi connectivity index (χ3v) is 5.87. The van der Waals surface area contributed by atoms with Gasteiger partial charge >= 0.3 is 0 Å². The van der Waals surface area contributed by atoms with E-state index in [-0.39, 0.29) is 11.9 Å². The molecule has 0 saturated heterocycles. The Kier molecular flexibility index (Phi) is 4.70. The van der Waals surface area contributed by atoms with Crippen molar-refractivity contribution < 1.29 is 4.79 Å². The molecule has 1 aromatic carbocycles. The van der Waals surface area contributed by atoms with Crippen LogP contribution in [0, 0.1) is 0 Å². The molecule has 0 atom stereocenters. The van der Waals surface area contributed by atoms with Crippen molar-refractivity contribution in [1.82, 2.24) is 20.3 Å². The van der Waals surface area contributed by atoms with E-state index in [1.165, 1.54) is 0 Å². The molecule has 4 rings (SSSR count). The van der Waals surface area contributed by atoms with E-state index in [1.807, 2.05) is 36.5 Å². The predicted octanol–water partition coefficient (Wildman–Crippen LogP) is 3.79. The van der Waals surface area contributed by atoms with Gasteiger partial charge in [-0.2, -0.15) is 0 Å². The molecule has 0 unspecified atom stereocenters. The second-order valence-electron chi connectivity index (χ2n) is 6.38. The van der Waals surface area contributed by atoms with Crippen molar-refractivity contribution in [3.63, 3.8) is 0 Å². The van der Waals surface area contributed by atoms with E-state index in [1.54, 1.807) is 24.2 Å². The van der Waals surface area contributed by atoms with Crippen LogP contribution < -0.4 is 5.32 Å². The molecule has 5 nitrogen and oxygen atoms in total. The molecule has 0 radical (unpaired) electrons. The number of amides is 1. The van der Waals surface area contributed by atoms with Gasteiger partial charge in [-0.3, -0.25) is 4.79 Å². The van der Waals surface area contributed by atoms with Crippen molar-refractivity contribution in [2.75, 3.05) is 0 Å². The monoisotopic (exact) mass is 352 g/mol. The van der Waals surface area contributed by atoms with Gasteiger partial charge in [0.15, 0.2) is 5.16 Å². The molecule has 3 aromatic rings. The molecule has 2 heterocycles. The summed E-state index contributed by atoms with van der Waals surface area (Å²) in [5, 5.41) is 5.68. The minimum Gasteiger partial charge on any atom is -0.361 e. The van der Waals surface area contributed by atoms with Gasteiger partial charge in [-0.1, -0.05) is 17.8 Å². The molecule has 1 saturated carbocycles. The molecule has 1 amide bonds. The molecule has 2 aromatic heterocycles. The van der Waals surface area contributed by atoms with Crippen molar-refractivity contribution in [2.24, 2.45) is 0 Å². The van der Waals surface area contributed by atoms with Crippen LogP contribution in [-0.2, 0) is 0 Å². The largest absolute Gasteiger partial charge is 0.361 e. The number of nitrogens with zero attached hydrogens (tertiary/aromatic N) is 2. The summed E-state index contributed by atoms with van der Waals surface area (Å²) < 4.78 is 0. The summed E-state index contributed by atoms with van der Waals surface area (Å²) in [7, 11) is 0. The van der Waals surface area contributed by atoms with Crippen molar-refractivity contribution >= 4 is 28.6 Å². The number of H-pyrrole nitrogens is 1. The van der Waals surface area contributed by atoms with Crippen LogP contribution in [0.4, 0.5) is 0 Å². The second kappa shape index (κ2) is 7.27. The summed E-state index contributed by atoms with van der Waals surface area (Å²) in [4.78, 5) is 24.2. The Bertz CT molecular complexity index is 856. The highest BCUT2D eigenvalue weighted by molar-refractivity contribution is 7.99. The molecule has 0 bridgehead atoms. The van der Waals surface area contributed by atoms with E-state index in [0.717, 1.165) is 41.7 Å². The number of aromatic amines is 1. The first kappa shape index (κ1) is 16.1. The summed E-state index contributed by atoms with van der Waals surface area (Å²) >= 11 is 1.75. The van der Waals surface area contributed by atoms with Gasteiger partial charge in [0.1, 0.15) is 0 Å². The second-order valence-corrected chi connectivity index (χ2v) is 7.64. The molecule has 6 heteroatoms. The van der Waals surface area contributed by atoms with Crippen molar-refractivity contribution in [2.45, 2.75) is 42.1 Å². The highest BCUT2D eigenvalue weighted by Gasteiger charge is 2.24. The molecule has 1 fully saturated rings. The molecular formula is C19H20N4OS. The zero-order valence-corrected chi connectivity index (χ0v) is 14.6. The quantitative estimate of drug-likeness (QED) is 0.701. The Labute approximate surface area is 150 Å². The standard InChI is InChI=1S/C19H20N4OS/c24-18(14-3-2-13-8-11-20-17(13)12-14)23-15-4-6-16(7-5-15)25-19-21-9-1-10-22-19/h1-3,8-12,15-16,20H,4-7H2,(H,23,24). The maximum Gasteiger partial charge on any atom is 0.251 e. The number of benzene rings is 1. The van der Waals surface area contributed by atoms with E-state index in [0.29, 0.717) is 10.8 Å². The summed E-state index contributed by atoms with van der Waals surface area (Å²) in [5.74, 6) is 0.0130. The van der Waals surface area contributed by atoms with Crippen molar-refractivity contribution in [1.29, 1.82) is 0 Å². The highest BCUT2D eigenvalue weighted by atomic mass is 32.2. The third kappa shape index (κ3) is 3.85. The predicted molar refractivity (Wildman–Crippen MR) is 99.7 cm³/mol. The number of hydrogen-bond acceptors (Lipinski definition) is 4. The molecule has 0 aliphatic heterocycles. The summed E-state index contributed by atoms with van der Waals surface area (Å²) in [6.07, 6.45) is 9.60. The average molecular weight is 352 g/mol. The minimum absolute atomic E-state index is 0.0130. The topological polar surface area (TPSA) is 70.7 Å². The number of thioether (sulfide) groups is 1. The highest BCUT2D eigenvalue weighted by Crippen LogP contribution is 2.31. The van der Waals surface area contributed by atoms with E-state index in [4.69, 9.17) is 0 Å². The normalized spacial score (nSPS) is 20.5. The zero-order valence-electron chi connectivity index (χ0n) is 13.8. The average Bonchev–Trinajstić information content (AvgIpc) is 3.12. The molecule has 128 valence electrons. The summed E-state index contributed by atoms with van der Waals surface area (Å²) in [5.41, 5.74) is 1.71. The number of hydrogen-bond donors (Lipinski definition) is 2. The lowest BCUT2D eigenvalue weighted by Crippen LogP contribution is -2.38. The Morgan fingerprint density at radius 2 is 1.92 bits per heavy atom. The van der Waals surface area contributed by atoms with Gasteiger partial charge in [0.25, 0.3) is 5.91 Å². The first-order valence-electron chi connectivity index (χ1n) is 8.59.